The first kappa shape index (κ1) is 25.0. The number of nitrogens with zero attached hydrogens (tertiary/aromatic N) is 9. The van der Waals surface area contributed by atoms with Gasteiger partial charge in [-0.15, -0.1) is 0 Å². The number of aromatic nitrogens is 9. The van der Waals surface area contributed by atoms with Crippen molar-refractivity contribution in [1.82, 2.24) is 44.9 Å². The van der Waals surface area contributed by atoms with Gasteiger partial charge >= 0.3 is 0 Å². The molecule has 194 valence electrons. The lowest BCUT2D eigenvalue weighted by Gasteiger charge is -2.10. The van der Waals surface area contributed by atoms with Gasteiger partial charge in [0.05, 0.1) is 0 Å². The van der Waals surface area contributed by atoms with Gasteiger partial charge in [-0.3, -0.25) is 0 Å². The van der Waals surface area contributed by atoms with Crippen molar-refractivity contribution >= 4 is 0 Å². The summed E-state index contributed by atoms with van der Waals surface area (Å²) < 4.78 is 0. The largest absolute Gasteiger partial charge is 0.219 e. The van der Waals surface area contributed by atoms with Gasteiger partial charge in [-0.05, 0) is 39.8 Å². The van der Waals surface area contributed by atoms with E-state index >= 15 is 0 Å². The average Bonchev–Trinajstić information content (AvgIpc) is 2.96. The fourth-order valence-corrected chi connectivity index (χ4v) is 4.43. The van der Waals surface area contributed by atoms with Crippen LogP contribution in [0.4, 0.5) is 0 Å². The van der Waals surface area contributed by atoms with Crippen LogP contribution < -0.4 is 0 Å². The van der Waals surface area contributed by atoms with E-state index in [-0.39, 0.29) is 0 Å². The smallest absolute Gasteiger partial charge is 0.164 e. The van der Waals surface area contributed by atoms with E-state index in [2.05, 4.69) is 29.9 Å². The van der Waals surface area contributed by atoms with Gasteiger partial charge in [0.15, 0.2) is 29.1 Å². The highest BCUT2D eigenvalue weighted by Gasteiger charge is 2.15. The molecule has 0 fully saturated rings. The Morgan fingerprint density at radius 2 is 0.600 bits per heavy atom. The summed E-state index contributed by atoms with van der Waals surface area (Å²) in [5.74, 6) is 5.58. The summed E-state index contributed by atoms with van der Waals surface area (Å²) in [5.41, 5.74) is 4.27. The van der Waals surface area contributed by atoms with E-state index in [1.54, 1.807) is 0 Å². The maximum atomic E-state index is 4.91. The Morgan fingerprint density at radius 3 is 0.975 bits per heavy atom. The lowest BCUT2D eigenvalue weighted by molar-refractivity contribution is 0.928. The van der Waals surface area contributed by atoms with Crippen molar-refractivity contribution in [3.8, 4) is 56.9 Å². The van der Waals surface area contributed by atoms with E-state index < -0.39 is 0 Å². The second kappa shape index (κ2) is 10.5. The van der Waals surface area contributed by atoms with E-state index in [1.807, 2.05) is 107 Å². The molecule has 3 heterocycles. The highest BCUT2D eigenvalue weighted by atomic mass is 15.0. The van der Waals surface area contributed by atoms with Crippen LogP contribution in [0.15, 0.2) is 78.9 Å². The van der Waals surface area contributed by atoms with Crippen LogP contribution in [0.5, 0.6) is 0 Å². The van der Waals surface area contributed by atoms with Gasteiger partial charge in [0.1, 0.15) is 23.3 Å². The Kier molecular flexibility index (Phi) is 6.53. The average molecular weight is 524 g/mol. The molecule has 3 aromatic heterocycles. The Labute approximate surface area is 231 Å². The first-order valence-electron chi connectivity index (χ1n) is 12.8. The molecule has 6 aromatic rings. The van der Waals surface area contributed by atoms with Crippen molar-refractivity contribution in [1.29, 1.82) is 0 Å². The van der Waals surface area contributed by atoms with Crippen LogP contribution in [0.1, 0.15) is 23.3 Å². The van der Waals surface area contributed by atoms with Gasteiger partial charge in [0, 0.05) is 27.8 Å². The number of benzene rings is 3. The van der Waals surface area contributed by atoms with E-state index in [1.165, 1.54) is 0 Å². The fraction of sp³-hybridized carbons (Fsp3) is 0.129. The number of hydrogen-bond donors (Lipinski definition) is 0. The van der Waals surface area contributed by atoms with Gasteiger partial charge in [0.2, 0.25) is 0 Å². The minimum Gasteiger partial charge on any atom is -0.219 e. The summed E-state index contributed by atoms with van der Waals surface area (Å²) in [5, 5.41) is 0. The van der Waals surface area contributed by atoms with Gasteiger partial charge in [0.25, 0.3) is 0 Å². The van der Waals surface area contributed by atoms with Crippen LogP contribution >= 0.6 is 0 Å². The van der Waals surface area contributed by atoms with Gasteiger partial charge in [-0.1, -0.05) is 66.7 Å². The van der Waals surface area contributed by atoms with Crippen molar-refractivity contribution in [3.05, 3.63) is 102 Å². The summed E-state index contributed by atoms with van der Waals surface area (Å²) in [6, 6.07) is 25.7. The summed E-state index contributed by atoms with van der Waals surface area (Å²) in [6.07, 6.45) is 0. The van der Waals surface area contributed by atoms with E-state index in [9.17, 15) is 0 Å². The molecular weight excluding hydrogens is 498 g/mol. The van der Waals surface area contributed by atoms with E-state index in [0.29, 0.717) is 52.4 Å². The van der Waals surface area contributed by atoms with Crippen molar-refractivity contribution < 1.29 is 0 Å². The molecule has 0 bridgehead atoms. The zero-order valence-corrected chi connectivity index (χ0v) is 22.5. The Hall–Kier alpha value is -5.31. The third kappa shape index (κ3) is 5.30. The van der Waals surface area contributed by atoms with Gasteiger partial charge < -0.3 is 0 Å². The molecule has 0 N–H and O–H groups in total. The van der Waals surface area contributed by atoms with Crippen LogP contribution in [0.3, 0.4) is 0 Å². The molecular formula is C31H25N9. The molecule has 0 atom stereocenters. The zero-order chi connectivity index (χ0) is 27.6. The normalized spacial score (nSPS) is 11.0. The second-order valence-electron chi connectivity index (χ2n) is 9.34. The molecule has 0 aliphatic heterocycles. The van der Waals surface area contributed by atoms with Crippen LogP contribution in [0, 0.1) is 27.7 Å². The summed E-state index contributed by atoms with van der Waals surface area (Å²) in [6.45, 7) is 7.45. The number of hydrogen-bond acceptors (Lipinski definition) is 9. The van der Waals surface area contributed by atoms with Crippen LogP contribution in [-0.2, 0) is 0 Å². The third-order valence-corrected chi connectivity index (χ3v) is 6.14. The lowest BCUT2D eigenvalue weighted by atomic mass is 10.1. The first-order valence-corrected chi connectivity index (χ1v) is 12.8. The minimum atomic E-state index is 0.547. The Bertz CT molecular complexity index is 1700. The molecule has 9 nitrogen and oxygen atoms in total. The predicted molar refractivity (Wildman–Crippen MR) is 153 cm³/mol. The summed E-state index contributed by atoms with van der Waals surface area (Å²) >= 11 is 0. The molecule has 0 radical (unpaired) electrons. The maximum absolute atomic E-state index is 4.91. The van der Waals surface area contributed by atoms with E-state index in [0.717, 1.165) is 27.8 Å². The molecule has 3 aromatic carbocycles. The van der Waals surface area contributed by atoms with Crippen LogP contribution in [0.2, 0.25) is 0 Å². The molecule has 0 unspecified atom stereocenters. The monoisotopic (exact) mass is 523 g/mol. The van der Waals surface area contributed by atoms with Crippen molar-refractivity contribution in [3.63, 3.8) is 0 Å². The standard InChI is InChI=1S/C31H25N9/c1-18-32-19(2)35-28(34-18)23-12-8-14-25(16-23)30-38-27(22-10-6-5-7-11-22)39-31(40-30)26-15-9-13-24(17-26)29-36-20(3)33-21(4)37-29/h5-17H,1-4H3. The molecule has 0 aliphatic rings. The highest BCUT2D eigenvalue weighted by Crippen LogP contribution is 2.28. The molecule has 40 heavy (non-hydrogen) atoms. The molecule has 6 rings (SSSR count). The SMILES string of the molecule is Cc1nc(C)nc(-c2cccc(-c3nc(-c4ccccc4)nc(-c4cccc(-c5nc(C)nc(C)n5)c4)n3)c2)n1. The Morgan fingerprint density at radius 1 is 0.300 bits per heavy atom. The quantitative estimate of drug-likeness (QED) is 0.276. The minimum absolute atomic E-state index is 0.547. The van der Waals surface area contributed by atoms with Crippen molar-refractivity contribution in [2.75, 3.05) is 0 Å². The highest BCUT2D eigenvalue weighted by molar-refractivity contribution is 5.72. The summed E-state index contributed by atoms with van der Waals surface area (Å²) in [7, 11) is 0. The van der Waals surface area contributed by atoms with Crippen molar-refractivity contribution in [2.45, 2.75) is 27.7 Å². The molecule has 0 amide bonds. The lowest BCUT2D eigenvalue weighted by Crippen LogP contribution is -2.02. The van der Waals surface area contributed by atoms with Gasteiger partial charge in [-0.2, -0.15) is 0 Å². The zero-order valence-electron chi connectivity index (χ0n) is 22.5. The number of rotatable bonds is 5. The third-order valence-electron chi connectivity index (χ3n) is 6.14. The molecule has 0 saturated carbocycles. The Balaban J connectivity index is 1.49. The van der Waals surface area contributed by atoms with Crippen LogP contribution in [-0.4, -0.2) is 44.9 Å². The second-order valence-corrected chi connectivity index (χ2v) is 9.34. The van der Waals surface area contributed by atoms with Crippen LogP contribution in [0.25, 0.3) is 56.9 Å². The molecule has 0 aliphatic carbocycles. The van der Waals surface area contributed by atoms with E-state index in [4.69, 9.17) is 15.0 Å². The first-order chi connectivity index (χ1) is 19.4. The van der Waals surface area contributed by atoms with Gasteiger partial charge in [-0.25, -0.2) is 44.9 Å². The molecule has 0 spiro atoms. The molecule has 0 saturated heterocycles. The predicted octanol–water partition coefficient (Wildman–Crippen LogP) is 5.81. The van der Waals surface area contributed by atoms with Crippen molar-refractivity contribution in [2.24, 2.45) is 0 Å². The molecule has 9 heteroatoms. The fourth-order valence-electron chi connectivity index (χ4n) is 4.43. The maximum Gasteiger partial charge on any atom is 0.164 e. The number of aryl methyl sites for hydroxylation is 4. The topological polar surface area (TPSA) is 116 Å². The summed E-state index contributed by atoms with van der Waals surface area (Å²) in [4.78, 5) is 41.4.